The predicted octanol–water partition coefficient (Wildman–Crippen LogP) is 7.93. The van der Waals surface area contributed by atoms with Crippen LogP contribution in [-0.2, 0) is 28.6 Å². The van der Waals surface area contributed by atoms with Crippen molar-refractivity contribution in [3.05, 3.63) is 46.4 Å². The third-order valence-electron chi connectivity index (χ3n) is 17.6. The monoisotopic (exact) mass is 934 g/mol. The van der Waals surface area contributed by atoms with Crippen LogP contribution in [0, 0.1) is 39.8 Å². The standard InChI is InChI=1S/C50H67FN4O8S2/c1-8-48(5)26-39(62-41(58)27-64-33-22-31-11-12-32(23-33)53(31)7)49(6)28(2)13-15-50(16-14-38(56)44(49)50)29(3)45(48)63-40(57)10-9-21-61-47(60)42-43(59)34-24-35(51)37(54-19-17-52-18-20-54)25-36(34)55-30(4)65-46(42)55/h8,24-25,28-33,39,44-45,52H,1,9-23,26-27H2,2-7H3/t28?,29-,30?,31?,32?,33?,39+,44?,45-,48+,49-,50?/m1/s1. The van der Waals surface area contributed by atoms with Gasteiger partial charge in [0.15, 0.2) is 0 Å². The van der Waals surface area contributed by atoms with Crippen molar-refractivity contribution in [1.82, 2.24) is 14.8 Å². The maximum atomic E-state index is 15.5. The molecule has 12 nitrogen and oxygen atoms in total. The van der Waals surface area contributed by atoms with Crippen LogP contribution in [0.25, 0.3) is 10.9 Å². The quantitative estimate of drug-likeness (QED) is 0.0956. The Balaban J connectivity index is 0.889. The van der Waals surface area contributed by atoms with E-state index in [1.54, 1.807) is 17.8 Å². The molecule has 2 aromatic rings. The summed E-state index contributed by atoms with van der Waals surface area (Å²) in [5, 5.41) is 4.23. The number of nitrogens with one attached hydrogen (secondary N) is 1. The first kappa shape index (κ1) is 46.7. The van der Waals surface area contributed by atoms with Gasteiger partial charge in [-0.2, -0.15) is 0 Å². The van der Waals surface area contributed by atoms with Crippen LogP contribution in [0.1, 0.15) is 121 Å². The number of ketones is 1. The molecular formula is C50H67FN4O8S2. The number of thioether (sulfide) groups is 2. The Bertz CT molecular complexity index is 2310. The average Bonchev–Trinajstić information content (AvgIpc) is 3.72. The minimum absolute atomic E-state index is 0.0528. The van der Waals surface area contributed by atoms with Gasteiger partial charge in [-0.3, -0.25) is 19.2 Å². The minimum Gasteiger partial charge on any atom is -0.462 e. The molecule has 3 saturated carbocycles. The molecule has 1 aromatic heterocycles. The molecule has 7 aliphatic rings. The number of benzene rings is 1. The molecule has 15 heteroatoms. The number of fused-ring (bicyclic) bond motifs is 5. The summed E-state index contributed by atoms with van der Waals surface area (Å²) in [5.74, 6) is -2.00. The molecule has 6 unspecified atom stereocenters. The molecule has 9 rings (SSSR count). The van der Waals surface area contributed by atoms with Crippen molar-refractivity contribution in [2.45, 2.75) is 145 Å². The SMILES string of the molecule is C=C[C@@]1(C)C[C@H](OC(=O)CSC2CC3CCC(C2)N3C)[C@@]2(C)C(C)CCC3(CCC(=O)C32)[C@H](C)[C@H]1OC(=O)CCCOC(=O)c1c2n(c3cc(N4CCNCC4)c(F)cc3c1=O)C(C)S2. The van der Waals surface area contributed by atoms with Gasteiger partial charge in [0.2, 0.25) is 5.43 Å². The van der Waals surface area contributed by atoms with Crippen LogP contribution in [0.2, 0.25) is 0 Å². The van der Waals surface area contributed by atoms with Gasteiger partial charge in [0, 0.05) is 84.4 Å². The highest BCUT2D eigenvalue weighted by molar-refractivity contribution is 8.00. The Kier molecular flexibility index (Phi) is 12.9. The van der Waals surface area contributed by atoms with Crippen LogP contribution in [-0.4, -0.2) is 108 Å². The Hall–Kier alpha value is -3.40. The first-order chi connectivity index (χ1) is 31.0. The number of hydrogen-bond donors (Lipinski definition) is 1. The molecule has 5 heterocycles. The molecule has 354 valence electrons. The third-order valence-corrected chi connectivity index (χ3v) is 20.0. The van der Waals surface area contributed by atoms with E-state index < -0.39 is 51.6 Å². The topological polar surface area (TPSA) is 136 Å². The van der Waals surface area contributed by atoms with Gasteiger partial charge >= 0.3 is 17.9 Å². The van der Waals surface area contributed by atoms with E-state index in [9.17, 15) is 24.0 Å². The number of hydrogen-bond acceptors (Lipinski definition) is 13. The van der Waals surface area contributed by atoms with Gasteiger partial charge in [0.25, 0.3) is 0 Å². The lowest BCUT2D eigenvalue weighted by Crippen LogP contribution is -2.63. The van der Waals surface area contributed by atoms with Crippen molar-refractivity contribution in [1.29, 1.82) is 0 Å². The van der Waals surface area contributed by atoms with Crippen LogP contribution < -0.4 is 15.6 Å². The second-order valence-electron chi connectivity index (χ2n) is 20.9. The number of nitrogens with zero attached hydrogens (tertiary/aromatic N) is 3. The molecule has 4 aliphatic heterocycles. The smallest absolute Gasteiger partial charge is 0.344 e. The summed E-state index contributed by atoms with van der Waals surface area (Å²) < 4.78 is 36.2. The second kappa shape index (κ2) is 17.9. The summed E-state index contributed by atoms with van der Waals surface area (Å²) in [6.07, 6.45) is 8.45. The van der Waals surface area contributed by atoms with Gasteiger partial charge in [0.05, 0.1) is 34.0 Å². The summed E-state index contributed by atoms with van der Waals surface area (Å²) >= 11 is 3.10. The van der Waals surface area contributed by atoms with E-state index in [-0.39, 0.29) is 71.0 Å². The summed E-state index contributed by atoms with van der Waals surface area (Å²) in [6, 6.07) is 4.11. The number of aromatic nitrogens is 1. The second-order valence-corrected chi connectivity index (χ2v) is 23.5. The highest BCUT2D eigenvalue weighted by atomic mass is 32.2. The Morgan fingerprint density at radius 2 is 1.74 bits per heavy atom. The van der Waals surface area contributed by atoms with E-state index in [0.29, 0.717) is 65.9 Å². The number of esters is 3. The number of Topliss-reactive ketones (excluding diaryl/α,β-unsaturated/α-hetero) is 1. The zero-order chi connectivity index (χ0) is 46.2. The maximum Gasteiger partial charge on any atom is 0.344 e. The van der Waals surface area contributed by atoms with Crippen molar-refractivity contribution in [3.63, 3.8) is 0 Å². The first-order valence-corrected chi connectivity index (χ1v) is 26.0. The highest BCUT2D eigenvalue weighted by Gasteiger charge is 2.69. The lowest BCUT2D eigenvalue weighted by molar-refractivity contribution is -0.212. The first-order valence-electron chi connectivity index (χ1n) is 24.1. The predicted molar refractivity (Wildman–Crippen MR) is 252 cm³/mol. The van der Waals surface area contributed by atoms with E-state index in [2.05, 4.69) is 44.6 Å². The number of pyridine rings is 1. The number of piperazine rings is 1. The lowest BCUT2D eigenvalue weighted by atomic mass is 9.44. The average molecular weight is 935 g/mol. The number of rotatable bonds is 12. The van der Waals surface area contributed by atoms with E-state index in [0.717, 1.165) is 38.8 Å². The van der Waals surface area contributed by atoms with Crippen molar-refractivity contribution in [3.8, 4) is 0 Å². The lowest BCUT2D eigenvalue weighted by Gasteiger charge is -2.62. The van der Waals surface area contributed by atoms with Gasteiger partial charge < -0.3 is 33.9 Å². The fourth-order valence-electron chi connectivity index (χ4n) is 13.6. The molecule has 1 N–H and O–H groups in total. The van der Waals surface area contributed by atoms with Crippen LogP contribution in [0.5, 0.6) is 0 Å². The molecule has 1 aromatic carbocycles. The van der Waals surface area contributed by atoms with Crippen molar-refractivity contribution in [2.24, 2.45) is 34.0 Å². The summed E-state index contributed by atoms with van der Waals surface area (Å²) in [7, 11) is 2.22. The van der Waals surface area contributed by atoms with Gasteiger partial charge in [-0.05, 0) is 95.2 Å². The molecule has 11 atom stereocenters. The Morgan fingerprint density at radius 1 is 1.02 bits per heavy atom. The molecule has 0 amide bonds. The molecule has 4 bridgehead atoms. The number of anilines is 1. The normalized spacial score (nSPS) is 36.5. The fourth-order valence-corrected chi connectivity index (χ4v) is 15.9. The van der Waals surface area contributed by atoms with Gasteiger partial charge in [-0.25, -0.2) is 9.18 Å². The minimum atomic E-state index is -0.809. The number of carbonyl (C=O) groups is 4. The van der Waals surface area contributed by atoms with Gasteiger partial charge in [-0.1, -0.05) is 45.5 Å². The number of halogens is 1. The molecule has 65 heavy (non-hydrogen) atoms. The van der Waals surface area contributed by atoms with Crippen LogP contribution >= 0.6 is 23.5 Å². The van der Waals surface area contributed by atoms with Crippen LogP contribution in [0.15, 0.2) is 34.6 Å². The fraction of sp³-hybridized carbons (Fsp3) is 0.700. The third kappa shape index (κ3) is 7.97. The Morgan fingerprint density at radius 3 is 2.43 bits per heavy atom. The molecule has 3 aliphatic carbocycles. The van der Waals surface area contributed by atoms with E-state index >= 15 is 4.39 Å². The number of piperidine rings is 1. The molecule has 0 spiro atoms. The number of carbonyl (C=O) groups excluding carboxylic acids is 4. The summed E-state index contributed by atoms with van der Waals surface area (Å²) in [4.78, 5) is 74.0. The molecule has 6 fully saturated rings. The van der Waals surface area contributed by atoms with E-state index in [4.69, 9.17) is 14.2 Å². The van der Waals surface area contributed by atoms with Crippen molar-refractivity contribution < 1.29 is 37.8 Å². The molecular weight excluding hydrogens is 868 g/mol. The zero-order valence-corrected chi connectivity index (χ0v) is 40.6. The summed E-state index contributed by atoms with van der Waals surface area (Å²) in [5.41, 5.74) is -1.54. The van der Waals surface area contributed by atoms with E-state index in [1.165, 1.54) is 30.7 Å². The molecule has 3 saturated heterocycles. The van der Waals surface area contributed by atoms with Gasteiger partial charge in [-0.15, -0.1) is 18.3 Å². The van der Waals surface area contributed by atoms with Crippen molar-refractivity contribution in [2.75, 3.05) is 50.5 Å². The van der Waals surface area contributed by atoms with Crippen LogP contribution in [0.3, 0.4) is 0 Å². The summed E-state index contributed by atoms with van der Waals surface area (Å²) in [6.45, 7) is 17.4. The van der Waals surface area contributed by atoms with Crippen LogP contribution in [0.4, 0.5) is 10.1 Å². The van der Waals surface area contributed by atoms with Gasteiger partial charge in [0.1, 0.15) is 29.4 Å². The maximum absolute atomic E-state index is 15.5. The van der Waals surface area contributed by atoms with Crippen molar-refractivity contribution >= 4 is 63.8 Å². The van der Waals surface area contributed by atoms with E-state index in [1.807, 2.05) is 29.4 Å². The largest absolute Gasteiger partial charge is 0.462 e. The Labute approximate surface area is 390 Å². The molecule has 0 radical (unpaired) electrons. The number of ether oxygens (including phenoxy) is 3. The zero-order valence-electron chi connectivity index (χ0n) is 39.0. The highest BCUT2D eigenvalue weighted by Crippen LogP contribution is 2.68.